The fraction of sp³-hybridized carbons (Fsp3) is 0.667. The molecule has 0 bridgehead atoms. The van der Waals surface area contributed by atoms with E-state index in [0.717, 1.165) is 19.4 Å². The number of rotatable bonds is 7. The molecule has 0 amide bonds. The SMILES string of the molecule is CNC(Cc1cccs1)C(C)CCOC. The molecule has 0 aliphatic heterocycles. The van der Waals surface area contributed by atoms with E-state index in [4.69, 9.17) is 4.74 Å². The Morgan fingerprint density at radius 3 is 2.87 bits per heavy atom. The van der Waals surface area contributed by atoms with Gasteiger partial charge in [0, 0.05) is 24.6 Å². The smallest absolute Gasteiger partial charge is 0.0465 e. The molecule has 0 spiro atoms. The van der Waals surface area contributed by atoms with Crippen molar-refractivity contribution in [2.45, 2.75) is 25.8 Å². The second kappa shape index (κ2) is 6.99. The van der Waals surface area contributed by atoms with Gasteiger partial charge in [0.15, 0.2) is 0 Å². The van der Waals surface area contributed by atoms with Crippen molar-refractivity contribution in [3.63, 3.8) is 0 Å². The van der Waals surface area contributed by atoms with Crippen molar-refractivity contribution in [2.24, 2.45) is 5.92 Å². The lowest BCUT2D eigenvalue weighted by atomic mass is 9.95. The highest BCUT2D eigenvalue weighted by Crippen LogP contribution is 2.17. The maximum absolute atomic E-state index is 5.12. The number of hydrogen-bond acceptors (Lipinski definition) is 3. The molecule has 0 aliphatic carbocycles. The van der Waals surface area contributed by atoms with Crippen molar-refractivity contribution in [1.82, 2.24) is 5.32 Å². The molecular weight excluding hydrogens is 206 g/mol. The zero-order chi connectivity index (χ0) is 11.1. The molecule has 3 heteroatoms. The maximum atomic E-state index is 5.12. The van der Waals surface area contributed by atoms with E-state index >= 15 is 0 Å². The molecule has 0 saturated carbocycles. The number of likely N-dealkylation sites (N-methyl/N-ethyl adjacent to an activating group) is 1. The van der Waals surface area contributed by atoms with Crippen LogP contribution in [-0.2, 0) is 11.2 Å². The van der Waals surface area contributed by atoms with Gasteiger partial charge in [0.05, 0.1) is 0 Å². The molecule has 2 nitrogen and oxygen atoms in total. The van der Waals surface area contributed by atoms with Gasteiger partial charge in [0.2, 0.25) is 0 Å². The van der Waals surface area contributed by atoms with Crippen LogP contribution in [0, 0.1) is 5.92 Å². The Balaban J connectivity index is 2.40. The van der Waals surface area contributed by atoms with E-state index in [2.05, 4.69) is 29.8 Å². The Morgan fingerprint density at radius 1 is 1.53 bits per heavy atom. The molecule has 86 valence electrons. The molecule has 1 heterocycles. The highest BCUT2D eigenvalue weighted by molar-refractivity contribution is 7.09. The van der Waals surface area contributed by atoms with Crippen molar-refractivity contribution in [1.29, 1.82) is 0 Å². The first-order valence-corrected chi connectivity index (χ1v) is 6.34. The Morgan fingerprint density at radius 2 is 2.33 bits per heavy atom. The van der Waals surface area contributed by atoms with Crippen LogP contribution in [0.1, 0.15) is 18.2 Å². The fourth-order valence-corrected chi connectivity index (χ4v) is 2.50. The van der Waals surface area contributed by atoms with Gasteiger partial charge in [-0.25, -0.2) is 0 Å². The summed E-state index contributed by atoms with van der Waals surface area (Å²) in [5, 5.41) is 5.54. The number of thiophene rings is 1. The second-order valence-corrected chi connectivity index (χ2v) is 4.97. The molecule has 2 unspecified atom stereocenters. The number of methoxy groups -OCH3 is 1. The number of hydrogen-bond donors (Lipinski definition) is 1. The van der Waals surface area contributed by atoms with Gasteiger partial charge in [-0.15, -0.1) is 11.3 Å². The maximum Gasteiger partial charge on any atom is 0.0465 e. The lowest BCUT2D eigenvalue weighted by molar-refractivity contribution is 0.171. The lowest BCUT2D eigenvalue weighted by Crippen LogP contribution is -2.34. The van der Waals surface area contributed by atoms with Gasteiger partial charge >= 0.3 is 0 Å². The van der Waals surface area contributed by atoms with E-state index in [-0.39, 0.29) is 0 Å². The van der Waals surface area contributed by atoms with Gasteiger partial charge in [-0.05, 0) is 37.3 Å². The average Bonchev–Trinajstić information content (AvgIpc) is 2.75. The van der Waals surface area contributed by atoms with Crippen molar-refractivity contribution in [2.75, 3.05) is 20.8 Å². The van der Waals surface area contributed by atoms with Gasteiger partial charge in [-0.1, -0.05) is 13.0 Å². The van der Waals surface area contributed by atoms with Gasteiger partial charge in [0.1, 0.15) is 0 Å². The Labute approximate surface area is 96.7 Å². The molecule has 1 N–H and O–H groups in total. The van der Waals surface area contributed by atoms with Crippen LogP contribution in [0.25, 0.3) is 0 Å². The van der Waals surface area contributed by atoms with Gasteiger partial charge in [-0.2, -0.15) is 0 Å². The fourth-order valence-electron chi connectivity index (χ4n) is 1.74. The Hall–Kier alpha value is -0.380. The van der Waals surface area contributed by atoms with Crippen molar-refractivity contribution < 1.29 is 4.74 Å². The molecule has 1 rings (SSSR count). The summed E-state index contributed by atoms with van der Waals surface area (Å²) in [5.41, 5.74) is 0. The van der Waals surface area contributed by atoms with E-state index < -0.39 is 0 Å². The van der Waals surface area contributed by atoms with Crippen LogP contribution >= 0.6 is 11.3 Å². The molecule has 0 aromatic carbocycles. The van der Waals surface area contributed by atoms with E-state index in [1.807, 2.05) is 18.4 Å². The molecule has 0 radical (unpaired) electrons. The van der Waals surface area contributed by atoms with Crippen LogP contribution in [0.3, 0.4) is 0 Å². The summed E-state index contributed by atoms with van der Waals surface area (Å²) in [6.07, 6.45) is 2.24. The third-order valence-corrected chi connectivity index (χ3v) is 3.73. The highest BCUT2D eigenvalue weighted by Gasteiger charge is 2.15. The van der Waals surface area contributed by atoms with Gasteiger partial charge in [-0.3, -0.25) is 0 Å². The first-order chi connectivity index (χ1) is 7.27. The lowest BCUT2D eigenvalue weighted by Gasteiger charge is -2.22. The molecule has 2 atom stereocenters. The first kappa shape index (κ1) is 12.7. The Kier molecular flexibility index (Phi) is 5.91. The predicted molar refractivity (Wildman–Crippen MR) is 66.5 cm³/mol. The number of ether oxygens (including phenoxy) is 1. The van der Waals surface area contributed by atoms with Crippen LogP contribution in [0.15, 0.2) is 17.5 Å². The summed E-state index contributed by atoms with van der Waals surface area (Å²) < 4.78 is 5.12. The van der Waals surface area contributed by atoms with E-state index in [1.165, 1.54) is 4.88 Å². The predicted octanol–water partition coefficient (Wildman–Crippen LogP) is 2.55. The quantitative estimate of drug-likeness (QED) is 0.773. The van der Waals surface area contributed by atoms with Crippen LogP contribution < -0.4 is 5.32 Å². The zero-order valence-corrected chi connectivity index (χ0v) is 10.6. The minimum Gasteiger partial charge on any atom is -0.385 e. The van der Waals surface area contributed by atoms with Crippen LogP contribution in [0.4, 0.5) is 0 Å². The molecule has 1 aromatic heterocycles. The van der Waals surface area contributed by atoms with E-state index in [9.17, 15) is 0 Å². The van der Waals surface area contributed by atoms with Crippen molar-refractivity contribution >= 4 is 11.3 Å². The van der Waals surface area contributed by atoms with Crippen molar-refractivity contribution in [3.05, 3.63) is 22.4 Å². The molecule has 0 saturated heterocycles. The van der Waals surface area contributed by atoms with Crippen LogP contribution in [0.5, 0.6) is 0 Å². The second-order valence-electron chi connectivity index (χ2n) is 3.94. The summed E-state index contributed by atoms with van der Waals surface area (Å²) in [6, 6.07) is 4.88. The normalized spacial score (nSPS) is 15.1. The molecule has 0 fully saturated rings. The summed E-state index contributed by atoms with van der Waals surface area (Å²) in [7, 11) is 3.81. The highest BCUT2D eigenvalue weighted by atomic mass is 32.1. The monoisotopic (exact) mass is 227 g/mol. The summed E-state index contributed by atoms with van der Waals surface area (Å²) in [6.45, 7) is 3.14. The van der Waals surface area contributed by atoms with Gasteiger partial charge < -0.3 is 10.1 Å². The van der Waals surface area contributed by atoms with E-state index in [0.29, 0.717) is 12.0 Å². The largest absolute Gasteiger partial charge is 0.385 e. The first-order valence-electron chi connectivity index (χ1n) is 5.46. The standard InChI is InChI=1S/C12H21NOS/c1-10(6-7-14-3)12(13-2)9-11-5-4-8-15-11/h4-5,8,10,12-13H,6-7,9H2,1-3H3. The summed E-state index contributed by atoms with van der Waals surface area (Å²) in [5.74, 6) is 0.650. The molecule has 1 aromatic rings. The zero-order valence-electron chi connectivity index (χ0n) is 9.82. The van der Waals surface area contributed by atoms with Crippen LogP contribution in [0.2, 0.25) is 0 Å². The molecule has 15 heavy (non-hydrogen) atoms. The average molecular weight is 227 g/mol. The van der Waals surface area contributed by atoms with Crippen molar-refractivity contribution in [3.8, 4) is 0 Å². The molecular formula is C12H21NOS. The summed E-state index contributed by atoms with van der Waals surface area (Å²) >= 11 is 1.84. The number of nitrogens with one attached hydrogen (secondary N) is 1. The Bertz CT molecular complexity index is 248. The molecule has 0 aliphatic rings. The third kappa shape index (κ3) is 4.33. The minimum absolute atomic E-state index is 0.554. The van der Waals surface area contributed by atoms with Crippen LogP contribution in [-0.4, -0.2) is 26.8 Å². The topological polar surface area (TPSA) is 21.3 Å². The summed E-state index contributed by atoms with van der Waals surface area (Å²) in [4.78, 5) is 1.46. The third-order valence-electron chi connectivity index (χ3n) is 2.84. The van der Waals surface area contributed by atoms with Gasteiger partial charge in [0.25, 0.3) is 0 Å². The van der Waals surface area contributed by atoms with E-state index in [1.54, 1.807) is 7.11 Å². The minimum atomic E-state index is 0.554.